The highest BCUT2D eigenvalue weighted by atomic mass is 35.5. The number of halogens is 1. The van der Waals surface area contributed by atoms with Gasteiger partial charge in [0, 0.05) is 11.7 Å². The topological polar surface area (TPSA) is 101 Å². The molecule has 0 aromatic heterocycles. The van der Waals surface area contributed by atoms with Crippen LogP contribution in [0.15, 0.2) is 47.4 Å². The minimum Gasteiger partial charge on any atom is -0.324 e. The summed E-state index contributed by atoms with van der Waals surface area (Å²) in [7, 11) is -3.60. The largest absolute Gasteiger partial charge is 0.324 e. The van der Waals surface area contributed by atoms with Crippen molar-refractivity contribution in [1.82, 2.24) is 4.72 Å². The van der Waals surface area contributed by atoms with Crippen molar-refractivity contribution < 1.29 is 13.2 Å². The molecule has 1 saturated carbocycles. The predicted molar refractivity (Wildman–Crippen MR) is 109 cm³/mol. The number of aryl methyl sites for hydroxylation is 2. The first-order valence-corrected chi connectivity index (χ1v) is 10.0. The second kappa shape index (κ2) is 8.39. The molecular weight excluding hydrogens is 386 g/mol. The molecule has 0 spiro atoms. The summed E-state index contributed by atoms with van der Waals surface area (Å²) in [4.78, 5) is 12.6. The summed E-state index contributed by atoms with van der Waals surface area (Å²) in [6, 6.07) is 11.4. The van der Waals surface area contributed by atoms with Crippen molar-refractivity contribution in [3.63, 3.8) is 0 Å². The normalized spacial score (nSPS) is 14.9. The molecule has 1 fully saturated rings. The lowest BCUT2D eigenvalue weighted by molar-refractivity contribution is -0.117. The molecule has 1 unspecified atom stereocenters. The Kier molecular flexibility index (Phi) is 6.64. The number of amides is 1. The summed E-state index contributed by atoms with van der Waals surface area (Å²) in [6.45, 7) is 3.68. The van der Waals surface area contributed by atoms with E-state index in [2.05, 4.69) is 10.0 Å². The minimum atomic E-state index is -3.60. The quantitative estimate of drug-likeness (QED) is 0.682. The van der Waals surface area contributed by atoms with E-state index >= 15 is 0 Å². The number of hydrogen-bond donors (Lipinski definition) is 3. The van der Waals surface area contributed by atoms with Gasteiger partial charge in [-0.25, -0.2) is 13.1 Å². The van der Waals surface area contributed by atoms with Crippen molar-refractivity contribution in [2.45, 2.75) is 43.7 Å². The van der Waals surface area contributed by atoms with Crippen LogP contribution in [0.3, 0.4) is 0 Å². The molecule has 0 saturated heterocycles. The smallest absolute Gasteiger partial charge is 0.245 e. The molecule has 0 heterocycles. The summed E-state index contributed by atoms with van der Waals surface area (Å²) < 4.78 is 27.6. The lowest BCUT2D eigenvalue weighted by Gasteiger charge is -2.15. The van der Waals surface area contributed by atoms with E-state index in [4.69, 9.17) is 5.73 Å². The van der Waals surface area contributed by atoms with Gasteiger partial charge in [0.25, 0.3) is 0 Å². The molecule has 146 valence electrons. The number of rotatable bonds is 6. The zero-order valence-corrected chi connectivity index (χ0v) is 16.9. The van der Waals surface area contributed by atoms with Crippen molar-refractivity contribution in [2.75, 3.05) is 5.32 Å². The number of carbonyl (C=O) groups is 1. The van der Waals surface area contributed by atoms with Gasteiger partial charge < -0.3 is 11.1 Å². The van der Waals surface area contributed by atoms with Gasteiger partial charge in [-0.15, -0.1) is 12.4 Å². The van der Waals surface area contributed by atoms with Crippen LogP contribution in [0.2, 0.25) is 0 Å². The number of anilines is 1. The summed E-state index contributed by atoms with van der Waals surface area (Å²) in [5.41, 5.74) is 8.83. The molecule has 8 heteroatoms. The molecule has 3 rings (SSSR count). The van der Waals surface area contributed by atoms with Gasteiger partial charge in [-0.2, -0.15) is 0 Å². The minimum absolute atomic E-state index is 0. The molecule has 1 aliphatic carbocycles. The second-order valence-corrected chi connectivity index (χ2v) is 8.44. The van der Waals surface area contributed by atoms with Crippen LogP contribution in [0.4, 0.5) is 5.69 Å². The van der Waals surface area contributed by atoms with Crippen LogP contribution >= 0.6 is 12.4 Å². The van der Waals surface area contributed by atoms with E-state index in [0.717, 1.165) is 18.4 Å². The average molecular weight is 410 g/mol. The number of nitrogens with one attached hydrogen (secondary N) is 2. The molecule has 1 amide bonds. The van der Waals surface area contributed by atoms with Gasteiger partial charge in [-0.05, 0) is 49.9 Å². The van der Waals surface area contributed by atoms with E-state index in [1.54, 1.807) is 19.1 Å². The van der Waals surface area contributed by atoms with Crippen LogP contribution < -0.4 is 15.8 Å². The van der Waals surface area contributed by atoms with Crippen molar-refractivity contribution in [1.29, 1.82) is 0 Å². The second-order valence-electron chi connectivity index (χ2n) is 6.75. The Morgan fingerprint density at radius 1 is 1.11 bits per heavy atom. The molecule has 2 aromatic rings. The number of carbonyl (C=O) groups excluding carboxylic acids is 1. The van der Waals surface area contributed by atoms with Gasteiger partial charge in [0.1, 0.15) is 6.04 Å². The Morgan fingerprint density at radius 3 is 2.33 bits per heavy atom. The molecule has 0 radical (unpaired) electrons. The molecule has 4 N–H and O–H groups in total. The zero-order chi connectivity index (χ0) is 18.9. The first-order chi connectivity index (χ1) is 12.3. The number of sulfonamides is 1. The molecule has 1 aliphatic rings. The van der Waals surface area contributed by atoms with E-state index in [0.29, 0.717) is 16.8 Å². The molecule has 1 atom stereocenters. The molecule has 2 aromatic carbocycles. The van der Waals surface area contributed by atoms with Gasteiger partial charge in [0.15, 0.2) is 0 Å². The van der Waals surface area contributed by atoms with Crippen LogP contribution in [0.25, 0.3) is 0 Å². The van der Waals surface area contributed by atoms with Crippen LogP contribution in [-0.4, -0.2) is 20.4 Å². The number of hydrogen-bond acceptors (Lipinski definition) is 4. The maximum atomic E-state index is 12.5. The molecule has 27 heavy (non-hydrogen) atoms. The van der Waals surface area contributed by atoms with E-state index in [9.17, 15) is 13.2 Å². The number of benzene rings is 2. The van der Waals surface area contributed by atoms with Gasteiger partial charge in [-0.3, -0.25) is 4.79 Å². The van der Waals surface area contributed by atoms with E-state index < -0.39 is 22.0 Å². The van der Waals surface area contributed by atoms with Crippen molar-refractivity contribution in [3.05, 3.63) is 59.2 Å². The fourth-order valence-corrected chi connectivity index (χ4v) is 4.17. The fourth-order valence-electron chi connectivity index (χ4n) is 2.60. The lowest BCUT2D eigenvalue weighted by atomic mass is 10.1. The Balaban J connectivity index is 0.00000261. The Bertz CT molecular complexity index is 926. The predicted octanol–water partition coefficient (Wildman–Crippen LogP) is 2.80. The Morgan fingerprint density at radius 2 is 1.74 bits per heavy atom. The van der Waals surface area contributed by atoms with Crippen LogP contribution in [0, 0.1) is 13.8 Å². The highest BCUT2D eigenvalue weighted by molar-refractivity contribution is 7.89. The first-order valence-electron chi connectivity index (χ1n) is 8.52. The van der Waals surface area contributed by atoms with Crippen LogP contribution in [-0.2, 0) is 14.8 Å². The number of nitrogens with two attached hydrogens (primary N) is 1. The molecule has 6 nitrogen and oxygen atoms in total. The van der Waals surface area contributed by atoms with Gasteiger partial charge in [0.05, 0.1) is 4.90 Å². The summed E-state index contributed by atoms with van der Waals surface area (Å²) in [5, 5.41) is 2.71. The van der Waals surface area contributed by atoms with E-state index in [-0.39, 0.29) is 23.3 Å². The summed E-state index contributed by atoms with van der Waals surface area (Å²) >= 11 is 0. The maximum absolute atomic E-state index is 12.5. The molecular formula is C19H24ClN3O3S. The summed E-state index contributed by atoms with van der Waals surface area (Å²) in [5.74, 6) is -0.392. The standard InChI is InChI=1S/C19H23N3O3S.ClH/c1-12-3-6-14(7-4-12)18(20)19(23)21-16-8-5-13(2)17(11-16)26(24,25)22-15-9-10-15;/h3-8,11,15,18,22H,9-10,20H2,1-2H3,(H,21,23);1H. The van der Waals surface area contributed by atoms with Gasteiger partial charge in [-0.1, -0.05) is 35.9 Å². The Hall–Kier alpha value is -1.93. The van der Waals surface area contributed by atoms with Gasteiger partial charge >= 0.3 is 0 Å². The molecule has 0 aliphatic heterocycles. The third-order valence-electron chi connectivity index (χ3n) is 4.36. The Labute approximate surface area is 166 Å². The SMILES string of the molecule is Cc1ccc(C(N)C(=O)Nc2ccc(C)c(S(=O)(=O)NC3CC3)c2)cc1.Cl. The van der Waals surface area contributed by atoms with Crippen LogP contribution in [0.1, 0.15) is 35.6 Å². The van der Waals surface area contributed by atoms with Crippen molar-refractivity contribution in [2.24, 2.45) is 5.73 Å². The average Bonchev–Trinajstić information content (AvgIpc) is 3.39. The third kappa shape index (κ3) is 5.29. The fraction of sp³-hybridized carbons (Fsp3) is 0.316. The van der Waals surface area contributed by atoms with E-state index in [1.165, 1.54) is 6.07 Å². The van der Waals surface area contributed by atoms with Crippen molar-refractivity contribution in [3.8, 4) is 0 Å². The zero-order valence-electron chi connectivity index (χ0n) is 15.2. The van der Waals surface area contributed by atoms with E-state index in [1.807, 2.05) is 31.2 Å². The monoisotopic (exact) mass is 409 g/mol. The van der Waals surface area contributed by atoms with Crippen LogP contribution in [0.5, 0.6) is 0 Å². The highest BCUT2D eigenvalue weighted by Crippen LogP contribution is 2.25. The lowest BCUT2D eigenvalue weighted by Crippen LogP contribution is -2.28. The molecule has 0 bridgehead atoms. The maximum Gasteiger partial charge on any atom is 0.245 e. The highest BCUT2D eigenvalue weighted by Gasteiger charge is 2.29. The third-order valence-corrected chi connectivity index (χ3v) is 6.03. The first kappa shape index (κ1) is 21.4. The summed E-state index contributed by atoms with van der Waals surface area (Å²) in [6.07, 6.45) is 1.72. The van der Waals surface area contributed by atoms with Gasteiger partial charge in [0.2, 0.25) is 15.9 Å². The van der Waals surface area contributed by atoms with Crippen molar-refractivity contribution >= 4 is 34.0 Å².